The van der Waals surface area contributed by atoms with Crippen LogP contribution in [-0.4, -0.2) is 20.2 Å². The number of hydrogen-bond acceptors (Lipinski definition) is 4. The van der Waals surface area contributed by atoms with Gasteiger partial charge in [0.2, 0.25) is 11.8 Å². The zero-order chi connectivity index (χ0) is 19.7. The van der Waals surface area contributed by atoms with Gasteiger partial charge in [-0.25, -0.2) is 8.42 Å². The second-order valence-electron chi connectivity index (χ2n) is 6.45. The lowest BCUT2D eigenvalue weighted by Gasteiger charge is -2.35. The van der Waals surface area contributed by atoms with Gasteiger partial charge in [0.05, 0.1) is 10.3 Å². The summed E-state index contributed by atoms with van der Waals surface area (Å²) in [6.45, 7) is 1.90. The molecule has 6 nitrogen and oxygen atoms in total. The van der Waals surface area contributed by atoms with Crippen molar-refractivity contribution in [3.63, 3.8) is 0 Å². The molecule has 2 amide bonds. The van der Waals surface area contributed by atoms with Crippen LogP contribution in [0.4, 0.5) is 5.69 Å². The Hall–Kier alpha value is -2.19. The van der Waals surface area contributed by atoms with Gasteiger partial charge in [0.25, 0.3) is 10.0 Å². The monoisotopic (exact) mass is 450 g/mol. The van der Waals surface area contributed by atoms with Crippen molar-refractivity contribution in [1.29, 1.82) is 0 Å². The van der Waals surface area contributed by atoms with Gasteiger partial charge in [-0.3, -0.25) is 19.6 Å². The zero-order valence-corrected chi connectivity index (χ0v) is 17.1. The van der Waals surface area contributed by atoms with E-state index in [1.807, 2.05) is 6.92 Å². The molecule has 3 rings (SSSR count). The Balaban J connectivity index is 1.84. The first-order valence-corrected chi connectivity index (χ1v) is 10.8. The molecule has 2 aromatic rings. The van der Waals surface area contributed by atoms with Crippen molar-refractivity contribution in [2.75, 3.05) is 4.72 Å². The summed E-state index contributed by atoms with van der Waals surface area (Å²) in [5.74, 6) is -0.563. The predicted octanol–water partition coefficient (Wildman–Crippen LogP) is 3.33. The van der Waals surface area contributed by atoms with Gasteiger partial charge in [0.1, 0.15) is 0 Å². The van der Waals surface area contributed by atoms with E-state index >= 15 is 0 Å². The lowest BCUT2D eigenvalue weighted by atomic mass is 9.72. The molecular formula is C19H19BrN2O4S. The van der Waals surface area contributed by atoms with E-state index < -0.39 is 15.4 Å². The molecule has 1 saturated heterocycles. The standard InChI is InChI=1S/C19H19BrN2O4S/c1-2-19(12-11-17(23)21-18(19)24)13-3-7-15(8-4-13)22-27(25,26)16-9-5-14(20)6-10-16/h3-10,22H,2,11-12H2,1H3,(H,21,23,24)/t19-/m1/s1. The summed E-state index contributed by atoms with van der Waals surface area (Å²) in [5.41, 5.74) is 0.401. The Morgan fingerprint density at radius 1 is 1.07 bits per heavy atom. The highest BCUT2D eigenvalue weighted by Crippen LogP contribution is 2.36. The van der Waals surface area contributed by atoms with Crippen LogP contribution in [0.3, 0.4) is 0 Å². The fraction of sp³-hybridized carbons (Fsp3) is 0.263. The molecule has 1 atom stereocenters. The molecule has 1 fully saturated rings. The van der Waals surface area contributed by atoms with Crippen LogP contribution in [0.2, 0.25) is 0 Å². The van der Waals surface area contributed by atoms with Gasteiger partial charge in [-0.2, -0.15) is 0 Å². The van der Waals surface area contributed by atoms with E-state index in [1.54, 1.807) is 36.4 Å². The fourth-order valence-electron chi connectivity index (χ4n) is 3.25. The Labute approximate surface area is 166 Å². The van der Waals surface area contributed by atoms with Crippen molar-refractivity contribution < 1.29 is 18.0 Å². The molecule has 8 heteroatoms. The fourth-order valence-corrected chi connectivity index (χ4v) is 4.57. The molecule has 0 radical (unpaired) electrons. The lowest BCUT2D eigenvalue weighted by Crippen LogP contribution is -2.51. The Bertz CT molecular complexity index is 972. The maximum atomic E-state index is 12.5. The van der Waals surface area contributed by atoms with Crippen molar-refractivity contribution >= 4 is 43.5 Å². The van der Waals surface area contributed by atoms with Gasteiger partial charge in [-0.1, -0.05) is 35.0 Å². The molecule has 0 unspecified atom stereocenters. The summed E-state index contributed by atoms with van der Waals surface area (Å²) in [6.07, 6.45) is 1.28. The highest BCUT2D eigenvalue weighted by atomic mass is 79.9. The number of imide groups is 1. The number of halogens is 1. The summed E-state index contributed by atoms with van der Waals surface area (Å²) < 4.78 is 28.3. The predicted molar refractivity (Wildman–Crippen MR) is 106 cm³/mol. The SMILES string of the molecule is CC[C@]1(c2ccc(NS(=O)(=O)c3ccc(Br)cc3)cc2)CCC(=O)NC1=O. The topological polar surface area (TPSA) is 92.3 Å². The van der Waals surface area contributed by atoms with Crippen LogP contribution in [0.5, 0.6) is 0 Å². The van der Waals surface area contributed by atoms with Crippen molar-refractivity contribution in [3.05, 3.63) is 58.6 Å². The van der Waals surface area contributed by atoms with E-state index in [0.29, 0.717) is 18.5 Å². The zero-order valence-electron chi connectivity index (χ0n) is 14.7. The number of piperidine rings is 1. The molecule has 0 aliphatic carbocycles. The minimum absolute atomic E-state index is 0.157. The number of sulfonamides is 1. The normalized spacial score (nSPS) is 20.2. The summed E-state index contributed by atoms with van der Waals surface area (Å²) >= 11 is 3.28. The Morgan fingerprint density at radius 2 is 1.70 bits per heavy atom. The van der Waals surface area contributed by atoms with Crippen LogP contribution in [0, 0.1) is 0 Å². The lowest BCUT2D eigenvalue weighted by molar-refractivity contribution is -0.138. The van der Waals surface area contributed by atoms with Gasteiger partial charge in [-0.05, 0) is 54.8 Å². The van der Waals surface area contributed by atoms with Crippen molar-refractivity contribution in [2.45, 2.75) is 36.5 Å². The number of carbonyl (C=O) groups excluding carboxylic acids is 2. The van der Waals surface area contributed by atoms with Gasteiger partial charge in [0.15, 0.2) is 0 Å². The minimum atomic E-state index is -3.70. The molecule has 2 aromatic carbocycles. The molecule has 2 N–H and O–H groups in total. The van der Waals surface area contributed by atoms with Gasteiger partial charge < -0.3 is 0 Å². The van der Waals surface area contributed by atoms with Crippen molar-refractivity contribution in [1.82, 2.24) is 5.32 Å². The number of amides is 2. The minimum Gasteiger partial charge on any atom is -0.296 e. The first kappa shape index (κ1) is 19.6. The van der Waals surface area contributed by atoms with E-state index in [2.05, 4.69) is 26.0 Å². The van der Waals surface area contributed by atoms with E-state index in [0.717, 1.165) is 10.0 Å². The van der Waals surface area contributed by atoms with E-state index in [9.17, 15) is 18.0 Å². The number of rotatable bonds is 5. The van der Waals surface area contributed by atoms with Crippen LogP contribution in [-0.2, 0) is 25.0 Å². The number of hydrogen-bond donors (Lipinski definition) is 2. The molecule has 1 aliphatic rings. The van der Waals surface area contributed by atoms with E-state index in [4.69, 9.17) is 0 Å². The molecule has 142 valence electrons. The summed E-state index contributed by atoms with van der Waals surface area (Å²) in [4.78, 5) is 24.1. The smallest absolute Gasteiger partial charge is 0.261 e. The van der Waals surface area contributed by atoms with Crippen LogP contribution in [0.1, 0.15) is 31.7 Å². The van der Waals surface area contributed by atoms with Crippen LogP contribution in [0.25, 0.3) is 0 Å². The molecular weight excluding hydrogens is 432 g/mol. The summed E-state index contributed by atoms with van der Waals surface area (Å²) in [7, 11) is -3.70. The van der Waals surface area contributed by atoms with E-state index in [1.165, 1.54) is 12.1 Å². The summed E-state index contributed by atoms with van der Waals surface area (Å²) in [6, 6.07) is 13.1. The molecule has 0 spiro atoms. The van der Waals surface area contributed by atoms with E-state index in [-0.39, 0.29) is 23.1 Å². The first-order valence-electron chi connectivity index (χ1n) is 8.50. The maximum Gasteiger partial charge on any atom is 0.261 e. The van der Waals surface area contributed by atoms with Crippen LogP contribution >= 0.6 is 15.9 Å². The summed E-state index contributed by atoms with van der Waals surface area (Å²) in [5, 5.41) is 2.41. The average molecular weight is 451 g/mol. The molecule has 0 bridgehead atoms. The first-order chi connectivity index (χ1) is 12.8. The molecule has 0 saturated carbocycles. The quantitative estimate of drug-likeness (QED) is 0.683. The largest absolute Gasteiger partial charge is 0.296 e. The average Bonchev–Trinajstić information content (AvgIpc) is 2.63. The number of nitrogens with one attached hydrogen (secondary N) is 2. The second kappa shape index (κ2) is 7.44. The van der Waals surface area contributed by atoms with Crippen molar-refractivity contribution in [3.8, 4) is 0 Å². The number of benzene rings is 2. The molecule has 1 aliphatic heterocycles. The van der Waals surface area contributed by atoms with Crippen LogP contribution < -0.4 is 10.0 Å². The maximum absolute atomic E-state index is 12.5. The number of carbonyl (C=O) groups is 2. The highest BCUT2D eigenvalue weighted by Gasteiger charge is 2.42. The Morgan fingerprint density at radius 3 is 2.26 bits per heavy atom. The molecule has 27 heavy (non-hydrogen) atoms. The van der Waals surface area contributed by atoms with Gasteiger partial charge >= 0.3 is 0 Å². The highest BCUT2D eigenvalue weighted by molar-refractivity contribution is 9.10. The van der Waals surface area contributed by atoms with Crippen molar-refractivity contribution in [2.24, 2.45) is 0 Å². The third-order valence-corrected chi connectivity index (χ3v) is 6.81. The number of anilines is 1. The van der Waals surface area contributed by atoms with Gasteiger partial charge in [-0.15, -0.1) is 0 Å². The molecule has 0 aromatic heterocycles. The van der Waals surface area contributed by atoms with Gasteiger partial charge in [0, 0.05) is 16.6 Å². The Kier molecular flexibility index (Phi) is 5.39. The third kappa shape index (κ3) is 3.91. The van der Waals surface area contributed by atoms with Crippen LogP contribution in [0.15, 0.2) is 57.9 Å². The second-order valence-corrected chi connectivity index (χ2v) is 9.05. The third-order valence-electron chi connectivity index (χ3n) is 4.88. The molecule has 1 heterocycles.